The average molecular weight is 469 g/mol. The number of rotatable bonds is 5. The molecule has 2 unspecified atom stereocenters. The number of benzene rings is 1. The van der Waals surface area contributed by atoms with E-state index in [0.717, 1.165) is 45.0 Å². The van der Waals surface area contributed by atoms with Crippen LogP contribution in [0.5, 0.6) is 0 Å². The minimum Gasteiger partial charge on any atom is -0.378 e. The maximum absolute atomic E-state index is 12.8. The molecule has 4 aliphatic heterocycles. The molecule has 0 aromatic heterocycles. The van der Waals surface area contributed by atoms with Crippen LogP contribution in [-0.2, 0) is 13.6 Å². The van der Waals surface area contributed by atoms with Crippen molar-refractivity contribution in [2.75, 3.05) is 68.0 Å². The van der Waals surface area contributed by atoms with Gasteiger partial charge in [0, 0.05) is 56.7 Å². The molecular weight excluding hydrogens is 436 g/mol. The Hall–Kier alpha value is -1.49. The van der Waals surface area contributed by atoms with Crippen molar-refractivity contribution in [3.63, 3.8) is 0 Å². The fraction of sp³-hybridized carbons (Fsp3) is 0.667. The number of nitrogens with two attached hydrogens (primary N) is 1. The van der Waals surface area contributed by atoms with Gasteiger partial charge in [0.15, 0.2) is 0 Å². The van der Waals surface area contributed by atoms with Crippen molar-refractivity contribution in [2.24, 2.45) is 17.6 Å². The summed E-state index contributed by atoms with van der Waals surface area (Å²) in [5.74, 6) is 0.581. The minimum absolute atomic E-state index is 0.0269. The van der Waals surface area contributed by atoms with Gasteiger partial charge in [-0.05, 0) is 42.5 Å². The Bertz CT molecular complexity index is 874. The van der Waals surface area contributed by atoms with Crippen LogP contribution >= 0.6 is 10.8 Å². The Morgan fingerprint density at radius 2 is 1.81 bits per heavy atom. The number of ether oxygens (including phenoxy) is 1. The number of carbonyl (C=O) groups is 1. The summed E-state index contributed by atoms with van der Waals surface area (Å²) >= 11 is 0. The third-order valence-corrected chi connectivity index (χ3v) is 9.57. The monoisotopic (exact) mass is 468 g/mol. The normalized spacial score (nSPS) is 26.8. The van der Waals surface area contributed by atoms with E-state index < -0.39 is 8.87 Å². The second-order valence-corrected chi connectivity index (χ2v) is 12.8. The summed E-state index contributed by atoms with van der Waals surface area (Å²) in [5.41, 5.74) is 7.74. The highest BCUT2D eigenvalue weighted by molar-refractivity contribution is 8.77. The molecule has 172 valence electrons. The Kier molecular flexibility index (Phi) is 7.00. The van der Waals surface area contributed by atoms with E-state index in [-0.39, 0.29) is 23.6 Å². The van der Waals surface area contributed by atoms with Gasteiger partial charge in [0.25, 0.3) is 5.24 Å². The summed E-state index contributed by atoms with van der Waals surface area (Å²) < 4.78 is 29.6. The van der Waals surface area contributed by atoms with Crippen LogP contribution in [-0.4, -0.2) is 82.8 Å². The molecule has 0 radical (unpaired) electrons. The van der Waals surface area contributed by atoms with E-state index in [9.17, 15) is 13.2 Å². The molecule has 0 saturated carbocycles. The van der Waals surface area contributed by atoms with Gasteiger partial charge < -0.3 is 25.2 Å². The minimum atomic E-state index is -3.53. The van der Waals surface area contributed by atoms with Gasteiger partial charge in [0.05, 0.1) is 29.8 Å². The molecule has 4 saturated heterocycles. The number of piperidine rings is 1. The van der Waals surface area contributed by atoms with Crippen molar-refractivity contribution in [1.82, 2.24) is 4.90 Å². The summed E-state index contributed by atoms with van der Waals surface area (Å²) in [4.78, 5) is 19.2. The highest BCUT2D eigenvalue weighted by Gasteiger charge is 2.41. The van der Waals surface area contributed by atoms with Crippen LogP contribution in [0, 0.1) is 11.8 Å². The van der Waals surface area contributed by atoms with Gasteiger partial charge >= 0.3 is 0 Å². The van der Waals surface area contributed by atoms with Crippen LogP contribution in [0.15, 0.2) is 24.3 Å². The number of carbonyl (C=O) groups excluding carboxylic acids is 1. The van der Waals surface area contributed by atoms with Crippen LogP contribution < -0.4 is 15.5 Å². The molecule has 10 heteroatoms. The van der Waals surface area contributed by atoms with Crippen molar-refractivity contribution < 1.29 is 17.9 Å². The van der Waals surface area contributed by atoms with Gasteiger partial charge in [0.1, 0.15) is 0 Å². The zero-order valence-electron chi connectivity index (χ0n) is 18.0. The van der Waals surface area contributed by atoms with Crippen molar-refractivity contribution in [3.8, 4) is 0 Å². The molecule has 1 aromatic carbocycles. The maximum Gasteiger partial charge on any atom is 0.297 e. The first-order valence-electron chi connectivity index (χ1n) is 11.0. The molecule has 1 amide bonds. The van der Waals surface area contributed by atoms with E-state index in [1.807, 2.05) is 0 Å². The van der Waals surface area contributed by atoms with Crippen molar-refractivity contribution in [1.29, 1.82) is 0 Å². The standard InChI is InChI=1S/C21H32N4O4S2/c1-16-12-17-13-24(21(26)30-31(27,28)11-6-22)15-20(16)25(14-17)19-4-2-18(3-5-19)23-7-9-29-10-8-23/h2-5,16-17,20H,6-15,22H2,1H3/t16?,17?,20-/m1/s1. The van der Waals surface area contributed by atoms with Gasteiger partial charge in [-0.3, -0.25) is 4.79 Å². The largest absolute Gasteiger partial charge is 0.378 e. The van der Waals surface area contributed by atoms with E-state index in [4.69, 9.17) is 10.5 Å². The van der Waals surface area contributed by atoms with E-state index in [2.05, 4.69) is 41.0 Å². The lowest BCUT2D eigenvalue weighted by Crippen LogP contribution is -2.49. The molecule has 3 atom stereocenters. The summed E-state index contributed by atoms with van der Waals surface area (Å²) in [6.07, 6.45) is 1.05. The first-order chi connectivity index (χ1) is 14.9. The SMILES string of the molecule is CC1CC2CN(C(=O)SS(=O)(=O)CCN)C[C@H]1N(c1ccc(N3CCOCC3)cc1)C2. The first kappa shape index (κ1) is 22.7. The fourth-order valence-electron chi connectivity index (χ4n) is 4.97. The first-order valence-corrected chi connectivity index (χ1v) is 14.0. The van der Waals surface area contributed by atoms with Crippen molar-refractivity contribution in [3.05, 3.63) is 24.3 Å². The molecule has 0 spiro atoms. The third kappa shape index (κ3) is 5.30. The predicted octanol–water partition coefficient (Wildman–Crippen LogP) is 1.81. The second kappa shape index (κ2) is 9.56. The Morgan fingerprint density at radius 3 is 2.48 bits per heavy atom. The summed E-state index contributed by atoms with van der Waals surface area (Å²) in [6, 6.07) is 8.86. The number of morpholine rings is 1. The van der Waals surface area contributed by atoms with Gasteiger partial charge in [-0.15, -0.1) is 0 Å². The Balaban J connectivity index is 1.48. The molecule has 1 aromatic rings. The number of hydrogen-bond acceptors (Lipinski definition) is 8. The number of nitrogens with zero attached hydrogens (tertiary/aromatic N) is 3. The fourth-order valence-corrected chi connectivity index (χ4v) is 7.32. The summed E-state index contributed by atoms with van der Waals surface area (Å²) in [5, 5.41) is -0.373. The molecular formula is C21H32N4O4S2. The lowest BCUT2D eigenvalue weighted by molar-refractivity contribution is 0.122. The van der Waals surface area contributed by atoms with Gasteiger partial charge in [-0.1, -0.05) is 6.92 Å². The molecule has 31 heavy (non-hydrogen) atoms. The lowest BCUT2D eigenvalue weighted by Gasteiger charge is -2.42. The van der Waals surface area contributed by atoms with Crippen LogP contribution in [0.3, 0.4) is 0 Å². The van der Waals surface area contributed by atoms with Crippen LogP contribution in [0.2, 0.25) is 0 Å². The maximum atomic E-state index is 12.8. The molecule has 8 nitrogen and oxygen atoms in total. The van der Waals surface area contributed by atoms with Crippen molar-refractivity contribution >= 4 is 36.3 Å². The molecule has 4 aliphatic rings. The van der Waals surface area contributed by atoms with E-state index in [1.54, 1.807) is 4.90 Å². The highest BCUT2D eigenvalue weighted by atomic mass is 33.1. The second-order valence-electron chi connectivity index (χ2n) is 8.72. The molecule has 4 fully saturated rings. The molecule has 2 bridgehead atoms. The van der Waals surface area contributed by atoms with E-state index in [0.29, 0.717) is 35.7 Å². The average Bonchev–Trinajstić information content (AvgIpc) is 3.04. The summed E-state index contributed by atoms with van der Waals surface area (Å²) in [6.45, 7) is 7.64. The zero-order valence-corrected chi connectivity index (χ0v) is 19.6. The van der Waals surface area contributed by atoms with Gasteiger partial charge in [-0.25, -0.2) is 8.42 Å². The zero-order chi connectivity index (χ0) is 22.0. The number of hydrogen-bond donors (Lipinski definition) is 1. The summed E-state index contributed by atoms with van der Waals surface area (Å²) in [7, 11) is -3.09. The quantitative estimate of drug-likeness (QED) is 0.654. The number of amides is 1. The molecule has 5 rings (SSSR count). The number of anilines is 2. The van der Waals surface area contributed by atoms with Gasteiger partial charge in [0.2, 0.25) is 8.87 Å². The molecule has 0 aliphatic carbocycles. The van der Waals surface area contributed by atoms with Crippen LogP contribution in [0.1, 0.15) is 13.3 Å². The highest BCUT2D eigenvalue weighted by Crippen LogP contribution is 2.37. The predicted molar refractivity (Wildman–Crippen MR) is 125 cm³/mol. The molecule has 4 heterocycles. The van der Waals surface area contributed by atoms with Crippen LogP contribution in [0.4, 0.5) is 16.2 Å². The lowest BCUT2D eigenvalue weighted by atomic mass is 9.85. The smallest absolute Gasteiger partial charge is 0.297 e. The number of fused-ring (bicyclic) bond motifs is 4. The van der Waals surface area contributed by atoms with Crippen LogP contribution in [0.25, 0.3) is 0 Å². The van der Waals surface area contributed by atoms with Crippen molar-refractivity contribution in [2.45, 2.75) is 19.4 Å². The molecule has 2 N–H and O–H groups in total. The third-order valence-electron chi connectivity index (χ3n) is 6.49. The topological polar surface area (TPSA) is 96.2 Å². The van der Waals surface area contributed by atoms with Gasteiger partial charge in [-0.2, -0.15) is 0 Å². The Morgan fingerprint density at radius 1 is 1.13 bits per heavy atom. The van der Waals surface area contributed by atoms with E-state index >= 15 is 0 Å². The Labute approximate surface area is 188 Å². The van der Waals surface area contributed by atoms with E-state index in [1.165, 1.54) is 5.69 Å².